The van der Waals surface area contributed by atoms with Crippen molar-refractivity contribution in [1.82, 2.24) is 14.5 Å². The van der Waals surface area contributed by atoms with Crippen LogP contribution in [0.1, 0.15) is 31.7 Å². The summed E-state index contributed by atoms with van der Waals surface area (Å²) in [6.45, 7) is 2.07. The van der Waals surface area contributed by atoms with Crippen molar-refractivity contribution >= 4 is 28.7 Å². The number of carbonyl (C=O) groups excluding carboxylic acids is 3. The Bertz CT molecular complexity index is 1460. The minimum Gasteiger partial charge on any atom is -0.393 e. The third kappa shape index (κ3) is 5.86. The highest BCUT2D eigenvalue weighted by atomic mass is 16.2. The maximum absolute atomic E-state index is 13.7. The summed E-state index contributed by atoms with van der Waals surface area (Å²) in [4.78, 5) is 58.0. The molecular formula is C30H30N4O4. The smallest absolute Gasteiger partial charge is 0.277 e. The number of amides is 1. The summed E-state index contributed by atoms with van der Waals surface area (Å²) < 4.78 is 1.26. The molecule has 194 valence electrons. The normalized spacial score (nSPS) is 13.2. The molecular weight excluding hydrogens is 480 g/mol. The molecule has 0 aliphatic heterocycles. The average Bonchev–Trinajstić information content (AvgIpc) is 2.94. The molecule has 1 aliphatic rings. The number of aromatic nitrogens is 2. The molecule has 1 aliphatic carbocycles. The van der Waals surface area contributed by atoms with Crippen LogP contribution in [0.15, 0.2) is 89.4 Å². The fourth-order valence-electron chi connectivity index (χ4n) is 4.39. The zero-order valence-electron chi connectivity index (χ0n) is 21.3. The average molecular weight is 511 g/mol. The Balaban J connectivity index is 1.72. The van der Waals surface area contributed by atoms with Gasteiger partial charge in [-0.05, 0) is 29.7 Å². The van der Waals surface area contributed by atoms with Gasteiger partial charge >= 0.3 is 0 Å². The lowest BCUT2D eigenvalue weighted by molar-refractivity contribution is -0.133. The van der Waals surface area contributed by atoms with Crippen LogP contribution in [0.25, 0.3) is 17.0 Å². The van der Waals surface area contributed by atoms with E-state index in [0.717, 1.165) is 18.4 Å². The molecule has 1 heterocycles. The molecule has 0 unspecified atom stereocenters. The van der Waals surface area contributed by atoms with E-state index in [1.807, 2.05) is 48.5 Å². The summed E-state index contributed by atoms with van der Waals surface area (Å²) in [7, 11) is 0. The van der Waals surface area contributed by atoms with E-state index >= 15 is 0 Å². The highest BCUT2D eigenvalue weighted by Gasteiger charge is 2.28. The Labute approximate surface area is 221 Å². The topological polar surface area (TPSA) is 115 Å². The molecule has 0 fully saturated rings. The molecule has 3 aromatic rings. The second kappa shape index (κ2) is 12.1. The Kier molecular flexibility index (Phi) is 8.43. The molecule has 0 radical (unpaired) electrons. The van der Waals surface area contributed by atoms with E-state index in [-0.39, 0.29) is 30.3 Å². The molecule has 2 N–H and O–H groups in total. The van der Waals surface area contributed by atoms with Crippen molar-refractivity contribution in [3.8, 4) is 11.4 Å². The van der Waals surface area contributed by atoms with Gasteiger partial charge in [-0.25, -0.2) is 4.98 Å². The van der Waals surface area contributed by atoms with Crippen molar-refractivity contribution in [2.75, 3.05) is 18.8 Å². The van der Waals surface area contributed by atoms with Gasteiger partial charge < -0.3 is 10.6 Å². The van der Waals surface area contributed by atoms with Crippen LogP contribution in [-0.2, 0) is 20.9 Å². The summed E-state index contributed by atoms with van der Waals surface area (Å²) in [5.74, 6) is -1.30. The first-order valence-electron chi connectivity index (χ1n) is 12.6. The maximum Gasteiger partial charge on any atom is 0.277 e. The van der Waals surface area contributed by atoms with Gasteiger partial charge in [-0.15, -0.1) is 0 Å². The number of hydrogen-bond donors (Lipinski definition) is 1. The fourth-order valence-corrected chi connectivity index (χ4v) is 4.39. The predicted octanol–water partition coefficient (Wildman–Crippen LogP) is 3.67. The summed E-state index contributed by atoms with van der Waals surface area (Å²) in [5.41, 5.74) is 7.60. The van der Waals surface area contributed by atoms with Crippen molar-refractivity contribution in [1.29, 1.82) is 0 Å². The van der Waals surface area contributed by atoms with Gasteiger partial charge in [0.1, 0.15) is 18.1 Å². The lowest BCUT2D eigenvalue weighted by atomic mass is 9.90. The highest BCUT2D eigenvalue weighted by molar-refractivity contribution is 6.50. The Morgan fingerprint density at radius 2 is 1.58 bits per heavy atom. The van der Waals surface area contributed by atoms with E-state index in [1.54, 1.807) is 23.1 Å². The number of nitrogen functional groups attached to an aromatic ring is 1. The van der Waals surface area contributed by atoms with Gasteiger partial charge in [-0.1, -0.05) is 80.4 Å². The number of rotatable bonds is 10. The van der Waals surface area contributed by atoms with Gasteiger partial charge in [-0.2, -0.15) is 0 Å². The van der Waals surface area contributed by atoms with E-state index in [0.29, 0.717) is 29.9 Å². The van der Waals surface area contributed by atoms with Crippen LogP contribution in [0.4, 0.5) is 5.69 Å². The van der Waals surface area contributed by atoms with Crippen LogP contribution < -0.4 is 11.3 Å². The van der Waals surface area contributed by atoms with Gasteiger partial charge in [0.25, 0.3) is 5.56 Å². The van der Waals surface area contributed by atoms with Gasteiger partial charge in [-0.3, -0.25) is 23.7 Å². The highest BCUT2D eigenvalue weighted by Crippen LogP contribution is 2.26. The SMILES string of the molecule is CCCCCN(CC1=C(c2ccccc2)C=CC(=O)C1=O)C(=O)Cn1c(-c2ccccc2)ncc(N)c1=O. The van der Waals surface area contributed by atoms with E-state index in [9.17, 15) is 19.2 Å². The lowest BCUT2D eigenvalue weighted by Crippen LogP contribution is -2.41. The number of Topliss-reactive ketones (excluding diaryl/α,β-unsaturated/α-hetero) is 1. The molecule has 8 nitrogen and oxygen atoms in total. The summed E-state index contributed by atoms with van der Waals surface area (Å²) in [6, 6.07) is 18.4. The van der Waals surface area contributed by atoms with Crippen LogP contribution in [-0.4, -0.2) is 45.0 Å². The van der Waals surface area contributed by atoms with Gasteiger partial charge in [0.15, 0.2) is 0 Å². The summed E-state index contributed by atoms with van der Waals surface area (Å²) in [6.07, 6.45) is 6.72. The van der Waals surface area contributed by atoms with E-state index in [2.05, 4.69) is 11.9 Å². The van der Waals surface area contributed by atoms with Crippen LogP contribution >= 0.6 is 0 Å². The number of ketones is 2. The van der Waals surface area contributed by atoms with Gasteiger partial charge in [0.2, 0.25) is 17.5 Å². The number of hydrogen-bond acceptors (Lipinski definition) is 6. The summed E-state index contributed by atoms with van der Waals surface area (Å²) >= 11 is 0. The van der Waals surface area contributed by atoms with Crippen LogP contribution in [0.2, 0.25) is 0 Å². The van der Waals surface area contributed by atoms with E-state index in [4.69, 9.17) is 5.73 Å². The second-order valence-electron chi connectivity index (χ2n) is 9.10. The molecule has 1 aromatic heterocycles. The molecule has 0 bridgehead atoms. The van der Waals surface area contributed by atoms with E-state index < -0.39 is 17.1 Å². The zero-order chi connectivity index (χ0) is 27.1. The second-order valence-corrected chi connectivity index (χ2v) is 9.10. The van der Waals surface area contributed by atoms with Gasteiger partial charge in [0.05, 0.1) is 12.7 Å². The van der Waals surface area contributed by atoms with Crippen molar-refractivity contribution in [2.45, 2.75) is 32.7 Å². The molecule has 0 saturated heterocycles. The van der Waals surface area contributed by atoms with Crippen LogP contribution in [0.5, 0.6) is 0 Å². The van der Waals surface area contributed by atoms with Crippen LogP contribution in [0.3, 0.4) is 0 Å². The number of nitrogens with two attached hydrogens (primary N) is 1. The Morgan fingerprint density at radius 3 is 2.24 bits per heavy atom. The quantitative estimate of drug-likeness (QED) is 0.253. The largest absolute Gasteiger partial charge is 0.393 e. The standard InChI is InChI=1S/C30H30N4O4/c1-2-3-10-17-33(19-24-23(15-16-26(35)28(24)37)21-11-6-4-7-12-21)27(36)20-34-29(22-13-8-5-9-14-22)32-18-25(31)30(34)38/h4-9,11-16,18H,2-3,10,17,19-20,31H2,1H3. The first kappa shape index (κ1) is 26.5. The van der Waals surface area contributed by atoms with Crippen molar-refractivity contribution < 1.29 is 14.4 Å². The molecule has 4 rings (SSSR count). The number of unbranched alkanes of at least 4 members (excludes halogenated alkanes) is 2. The molecule has 0 saturated carbocycles. The number of benzene rings is 2. The zero-order valence-corrected chi connectivity index (χ0v) is 21.3. The van der Waals surface area contributed by atoms with Crippen molar-refractivity contribution in [3.63, 3.8) is 0 Å². The predicted molar refractivity (Wildman–Crippen MR) is 147 cm³/mol. The number of anilines is 1. The third-order valence-corrected chi connectivity index (χ3v) is 6.44. The first-order chi connectivity index (χ1) is 18.4. The minimum absolute atomic E-state index is 0.0488. The molecule has 0 atom stereocenters. The molecule has 38 heavy (non-hydrogen) atoms. The Hall–Kier alpha value is -4.59. The first-order valence-corrected chi connectivity index (χ1v) is 12.6. The van der Waals surface area contributed by atoms with E-state index in [1.165, 1.54) is 16.8 Å². The number of carbonyl (C=O) groups is 3. The lowest BCUT2D eigenvalue weighted by Gasteiger charge is -2.26. The van der Waals surface area contributed by atoms with Crippen molar-refractivity contribution in [3.05, 3.63) is 101 Å². The third-order valence-electron chi connectivity index (χ3n) is 6.44. The maximum atomic E-state index is 13.7. The molecule has 2 aromatic carbocycles. The van der Waals surface area contributed by atoms with Crippen LogP contribution in [0, 0.1) is 0 Å². The molecule has 0 spiro atoms. The number of nitrogens with zero attached hydrogens (tertiary/aromatic N) is 3. The van der Waals surface area contributed by atoms with Gasteiger partial charge in [0, 0.05) is 17.7 Å². The monoisotopic (exact) mass is 510 g/mol. The molecule has 1 amide bonds. The Morgan fingerprint density at radius 1 is 0.921 bits per heavy atom. The number of allylic oxidation sites excluding steroid dienone is 3. The molecule has 8 heteroatoms. The minimum atomic E-state index is -0.632. The fraction of sp³-hybridized carbons (Fsp3) is 0.233. The summed E-state index contributed by atoms with van der Waals surface area (Å²) in [5, 5.41) is 0. The van der Waals surface area contributed by atoms with Crippen molar-refractivity contribution in [2.24, 2.45) is 0 Å².